The summed E-state index contributed by atoms with van der Waals surface area (Å²) in [5.41, 5.74) is 5.57. The number of rotatable bonds is 6. The van der Waals surface area contributed by atoms with Crippen LogP contribution in [0.3, 0.4) is 0 Å². The Kier molecular flexibility index (Phi) is 7.74. The summed E-state index contributed by atoms with van der Waals surface area (Å²) in [6.07, 6.45) is 1.81. The molecule has 0 atom stereocenters. The molecule has 4 rings (SSSR count). The lowest BCUT2D eigenvalue weighted by Crippen LogP contribution is -2.28. The first kappa shape index (κ1) is 25.2. The maximum absolute atomic E-state index is 13.0. The molecule has 3 aromatic rings. The lowest BCUT2D eigenvalue weighted by molar-refractivity contribution is -0.118. The van der Waals surface area contributed by atoms with Crippen LogP contribution in [0.2, 0.25) is 0 Å². The number of thioether (sulfide) groups is 1. The second-order valence-corrected chi connectivity index (χ2v) is 10.7. The second kappa shape index (κ2) is 10.8. The monoisotopic (exact) mass is 566 g/mol. The molecule has 0 spiro atoms. The van der Waals surface area contributed by atoms with E-state index in [1.54, 1.807) is 17.0 Å². The molecule has 0 aromatic heterocycles. The Morgan fingerprint density at radius 3 is 2.46 bits per heavy atom. The largest absolute Gasteiger partial charge is 0.484 e. The molecule has 178 valence electrons. The minimum Gasteiger partial charge on any atom is -0.484 e. The van der Waals surface area contributed by atoms with Gasteiger partial charge in [0.25, 0.3) is 11.8 Å². The lowest BCUT2D eigenvalue weighted by Gasteiger charge is -2.16. The van der Waals surface area contributed by atoms with Crippen LogP contribution in [0, 0.1) is 20.8 Å². The van der Waals surface area contributed by atoms with Crippen molar-refractivity contribution in [3.05, 3.63) is 92.3 Å². The maximum Gasteiger partial charge on any atom is 0.270 e. The summed E-state index contributed by atoms with van der Waals surface area (Å²) in [6, 6.07) is 18.8. The van der Waals surface area contributed by atoms with Crippen LogP contribution in [0.5, 0.6) is 5.75 Å². The van der Waals surface area contributed by atoms with E-state index in [1.165, 1.54) is 11.8 Å². The summed E-state index contributed by atoms with van der Waals surface area (Å²) in [7, 11) is 0. The van der Waals surface area contributed by atoms with Crippen LogP contribution in [0.15, 0.2) is 70.0 Å². The fraction of sp³-hybridized carbons (Fsp3) is 0.148. The number of hydrogen-bond acceptors (Lipinski definition) is 5. The van der Waals surface area contributed by atoms with Gasteiger partial charge in [-0.1, -0.05) is 54.3 Å². The highest BCUT2D eigenvalue weighted by Gasteiger charge is 2.33. The van der Waals surface area contributed by atoms with E-state index < -0.39 is 0 Å². The quantitative estimate of drug-likeness (QED) is 0.262. The Balaban J connectivity index is 1.38. The Labute approximate surface area is 222 Å². The van der Waals surface area contributed by atoms with Crippen molar-refractivity contribution in [1.29, 1.82) is 0 Å². The van der Waals surface area contributed by atoms with Gasteiger partial charge >= 0.3 is 0 Å². The molecule has 0 radical (unpaired) electrons. The Morgan fingerprint density at radius 2 is 1.74 bits per heavy atom. The molecular weight excluding hydrogens is 544 g/mol. The molecule has 0 aliphatic carbocycles. The number of nitrogens with zero attached hydrogens (tertiary/aromatic N) is 1. The number of benzene rings is 3. The first-order valence-electron chi connectivity index (χ1n) is 10.9. The van der Waals surface area contributed by atoms with Gasteiger partial charge in [-0.3, -0.25) is 14.5 Å². The van der Waals surface area contributed by atoms with Crippen LogP contribution in [0.1, 0.15) is 22.3 Å². The van der Waals surface area contributed by atoms with Crippen LogP contribution in [-0.2, 0) is 9.59 Å². The fourth-order valence-electron chi connectivity index (χ4n) is 3.51. The van der Waals surface area contributed by atoms with Crippen LogP contribution < -0.4 is 15.0 Å². The molecule has 1 N–H and O–H groups in total. The number of thiocarbonyl (C=S) groups is 1. The van der Waals surface area contributed by atoms with Crippen molar-refractivity contribution in [2.24, 2.45) is 0 Å². The van der Waals surface area contributed by atoms with Gasteiger partial charge in [0, 0.05) is 4.47 Å². The Bertz CT molecular complexity index is 1350. The summed E-state index contributed by atoms with van der Waals surface area (Å²) in [5, 5.41) is 2.86. The summed E-state index contributed by atoms with van der Waals surface area (Å²) in [4.78, 5) is 27.5. The molecule has 1 aliphatic rings. The molecule has 0 saturated carbocycles. The van der Waals surface area contributed by atoms with Crippen molar-refractivity contribution in [3.8, 4) is 5.75 Å². The first-order chi connectivity index (χ1) is 16.7. The predicted molar refractivity (Wildman–Crippen MR) is 151 cm³/mol. The highest BCUT2D eigenvalue weighted by atomic mass is 79.9. The van der Waals surface area contributed by atoms with Gasteiger partial charge in [-0.25, -0.2) is 0 Å². The van der Waals surface area contributed by atoms with Gasteiger partial charge in [-0.2, -0.15) is 0 Å². The molecule has 1 heterocycles. The minimum absolute atomic E-state index is 0.117. The fourth-order valence-corrected chi connectivity index (χ4v) is 5.36. The molecule has 35 heavy (non-hydrogen) atoms. The van der Waals surface area contributed by atoms with Gasteiger partial charge in [0.2, 0.25) is 0 Å². The summed E-state index contributed by atoms with van der Waals surface area (Å²) in [5.74, 6) is 0.172. The standard InChI is InChI=1S/C27H23BrN2O3S2/c1-16-6-4-5-7-23(16)30-26(32)24(35-27(30)34)14-19-8-10-20(11-9-19)33-15-25(31)29-22-13-18(3)17(2)12-21(22)28/h4-14H,15H2,1-3H3,(H,29,31)/b24-14+. The van der Waals surface area contributed by atoms with Crippen LogP contribution in [-0.4, -0.2) is 22.7 Å². The van der Waals surface area contributed by atoms with Gasteiger partial charge in [0.1, 0.15) is 5.75 Å². The zero-order valence-corrected chi connectivity index (χ0v) is 22.6. The third kappa shape index (κ3) is 5.83. The third-order valence-electron chi connectivity index (χ3n) is 5.56. The van der Waals surface area contributed by atoms with E-state index in [2.05, 4.69) is 21.2 Å². The number of hydrogen-bond donors (Lipinski definition) is 1. The van der Waals surface area contributed by atoms with E-state index in [0.29, 0.717) is 20.7 Å². The van der Waals surface area contributed by atoms with Crippen molar-refractivity contribution in [3.63, 3.8) is 0 Å². The number of para-hydroxylation sites is 1. The Hall–Kier alpha value is -2.94. The highest BCUT2D eigenvalue weighted by molar-refractivity contribution is 9.10. The van der Waals surface area contributed by atoms with Crippen molar-refractivity contribution in [1.82, 2.24) is 0 Å². The van der Waals surface area contributed by atoms with E-state index in [-0.39, 0.29) is 18.4 Å². The molecule has 1 saturated heterocycles. The summed E-state index contributed by atoms with van der Waals surface area (Å²) >= 11 is 10.2. The smallest absolute Gasteiger partial charge is 0.270 e. The van der Waals surface area contributed by atoms with Gasteiger partial charge in [0.15, 0.2) is 10.9 Å². The maximum atomic E-state index is 13.0. The second-order valence-electron chi connectivity index (χ2n) is 8.13. The third-order valence-corrected chi connectivity index (χ3v) is 7.51. The van der Waals surface area contributed by atoms with Crippen LogP contribution >= 0.6 is 39.9 Å². The number of carbonyl (C=O) groups is 2. The van der Waals surface area contributed by atoms with Crippen molar-refractivity contribution in [2.45, 2.75) is 20.8 Å². The summed E-state index contributed by atoms with van der Waals surface area (Å²) in [6.45, 7) is 5.85. The molecule has 1 aliphatic heterocycles. The topological polar surface area (TPSA) is 58.6 Å². The van der Waals surface area contributed by atoms with Crippen molar-refractivity contribution in [2.75, 3.05) is 16.8 Å². The molecule has 2 amide bonds. The molecule has 8 heteroatoms. The van der Waals surface area contributed by atoms with E-state index in [0.717, 1.165) is 32.4 Å². The number of nitrogens with one attached hydrogen (secondary N) is 1. The van der Waals surface area contributed by atoms with Crippen LogP contribution in [0.25, 0.3) is 6.08 Å². The number of anilines is 2. The summed E-state index contributed by atoms with van der Waals surface area (Å²) < 4.78 is 6.97. The highest BCUT2D eigenvalue weighted by Crippen LogP contribution is 2.37. The zero-order valence-electron chi connectivity index (χ0n) is 19.4. The molecule has 5 nitrogen and oxygen atoms in total. The average molecular weight is 568 g/mol. The SMILES string of the molecule is Cc1cc(Br)c(NC(=O)COc2ccc(/C=C3/SC(=S)N(c4ccccc4C)C3=O)cc2)cc1C. The molecule has 0 unspecified atom stereocenters. The van der Waals surface area contributed by atoms with Crippen molar-refractivity contribution >= 4 is 73.5 Å². The average Bonchev–Trinajstić information content (AvgIpc) is 3.10. The normalized spacial score (nSPS) is 14.5. The Morgan fingerprint density at radius 1 is 1.06 bits per heavy atom. The number of carbonyl (C=O) groups excluding carboxylic acids is 2. The number of halogens is 1. The van der Waals surface area contributed by atoms with Gasteiger partial charge in [-0.05, 0) is 95.4 Å². The zero-order chi connectivity index (χ0) is 25.1. The van der Waals surface area contributed by atoms with Gasteiger partial charge in [0.05, 0.1) is 16.3 Å². The van der Waals surface area contributed by atoms with E-state index in [1.807, 2.05) is 75.4 Å². The van der Waals surface area contributed by atoms with E-state index in [4.69, 9.17) is 17.0 Å². The molecule has 1 fully saturated rings. The van der Waals surface area contributed by atoms with Gasteiger partial charge < -0.3 is 10.1 Å². The van der Waals surface area contributed by atoms with Gasteiger partial charge in [-0.15, -0.1) is 0 Å². The van der Waals surface area contributed by atoms with Crippen molar-refractivity contribution < 1.29 is 14.3 Å². The number of aryl methyl sites for hydroxylation is 3. The first-order valence-corrected chi connectivity index (χ1v) is 12.9. The molecule has 0 bridgehead atoms. The van der Waals surface area contributed by atoms with E-state index in [9.17, 15) is 9.59 Å². The molecular formula is C27H23BrN2O3S2. The minimum atomic E-state index is -0.252. The number of amides is 2. The lowest BCUT2D eigenvalue weighted by atomic mass is 10.1. The number of ether oxygens (including phenoxy) is 1. The van der Waals surface area contributed by atoms with Crippen LogP contribution in [0.4, 0.5) is 11.4 Å². The van der Waals surface area contributed by atoms with E-state index >= 15 is 0 Å². The molecule has 3 aromatic carbocycles. The predicted octanol–water partition coefficient (Wildman–Crippen LogP) is 6.80.